The molecule has 0 aromatic heterocycles. The fourth-order valence-electron chi connectivity index (χ4n) is 4.06. The van der Waals surface area contributed by atoms with Gasteiger partial charge in [0.15, 0.2) is 0 Å². The van der Waals surface area contributed by atoms with Crippen LogP contribution in [0.15, 0.2) is 42.5 Å². The van der Waals surface area contributed by atoms with Crippen molar-refractivity contribution in [2.24, 2.45) is 0 Å². The monoisotopic (exact) mass is 364 g/mol. The topological polar surface area (TPSA) is 45.0 Å². The van der Waals surface area contributed by atoms with Crippen LogP contribution in [0.25, 0.3) is 16.7 Å². The Morgan fingerprint density at radius 1 is 1.30 bits per heavy atom. The number of nitrogens with one attached hydrogen (secondary N) is 1. The molecule has 1 fully saturated rings. The maximum atomic E-state index is 14.3. The molecule has 27 heavy (non-hydrogen) atoms. The molecule has 0 amide bonds. The number of hydrogen-bond acceptors (Lipinski definition) is 3. The number of benzene rings is 2. The lowest BCUT2D eigenvalue weighted by Gasteiger charge is -2.25. The zero-order valence-corrected chi connectivity index (χ0v) is 15.3. The fourth-order valence-corrected chi connectivity index (χ4v) is 4.06. The summed E-state index contributed by atoms with van der Waals surface area (Å²) in [4.78, 5) is 0. The van der Waals surface area contributed by atoms with E-state index in [9.17, 15) is 4.39 Å². The van der Waals surface area contributed by atoms with Crippen molar-refractivity contribution in [3.8, 4) is 17.2 Å². The lowest BCUT2D eigenvalue weighted by molar-refractivity contribution is 0.0292. The third-order valence-corrected chi connectivity index (χ3v) is 5.37. The SMILES string of the molecule is N#Cc1ccc(-c2cccc(CC3CNCCO3)c2C2=CCCC2)cc1F.[HH]. The minimum atomic E-state index is -0.466. The van der Waals surface area contributed by atoms with Gasteiger partial charge in [-0.15, -0.1) is 0 Å². The number of hydrogen-bond donors (Lipinski definition) is 1. The minimum Gasteiger partial charge on any atom is -0.375 e. The molecule has 0 radical (unpaired) electrons. The Bertz CT molecular complexity index is 913. The predicted octanol–water partition coefficient (Wildman–Crippen LogP) is 4.71. The molecular formula is C23H25FN2O. The van der Waals surface area contributed by atoms with E-state index in [1.807, 2.05) is 18.2 Å². The number of halogens is 1. The van der Waals surface area contributed by atoms with Gasteiger partial charge in [-0.3, -0.25) is 0 Å². The Morgan fingerprint density at radius 3 is 2.93 bits per heavy atom. The van der Waals surface area contributed by atoms with Crippen molar-refractivity contribution in [2.45, 2.75) is 31.8 Å². The van der Waals surface area contributed by atoms with Crippen molar-refractivity contribution in [3.63, 3.8) is 0 Å². The van der Waals surface area contributed by atoms with Crippen LogP contribution < -0.4 is 5.32 Å². The molecule has 1 N–H and O–H groups in total. The molecule has 0 spiro atoms. The summed E-state index contributed by atoms with van der Waals surface area (Å²) in [7, 11) is 0. The van der Waals surface area contributed by atoms with Gasteiger partial charge in [0, 0.05) is 20.9 Å². The second kappa shape index (κ2) is 8.04. The van der Waals surface area contributed by atoms with Crippen LogP contribution in [0.1, 0.15) is 37.4 Å². The lowest BCUT2D eigenvalue weighted by Crippen LogP contribution is -2.39. The minimum absolute atomic E-state index is 0. The van der Waals surface area contributed by atoms with Gasteiger partial charge in [-0.05, 0) is 59.2 Å². The van der Waals surface area contributed by atoms with Gasteiger partial charge in [-0.25, -0.2) is 4.39 Å². The van der Waals surface area contributed by atoms with Crippen LogP contribution in [0.4, 0.5) is 4.39 Å². The van der Waals surface area contributed by atoms with E-state index in [1.54, 1.807) is 6.07 Å². The van der Waals surface area contributed by atoms with E-state index in [2.05, 4.69) is 23.5 Å². The second-order valence-electron chi connectivity index (χ2n) is 7.17. The molecular weight excluding hydrogens is 339 g/mol. The highest BCUT2D eigenvalue weighted by Gasteiger charge is 2.21. The zero-order chi connectivity index (χ0) is 18.6. The average Bonchev–Trinajstić information content (AvgIpc) is 3.23. The maximum absolute atomic E-state index is 14.3. The summed E-state index contributed by atoms with van der Waals surface area (Å²) in [6, 6.07) is 13.0. The molecule has 2 aliphatic rings. The van der Waals surface area contributed by atoms with Gasteiger partial charge >= 0.3 is 0 Å². The van der Waals surface area contributed by atoms with Crippen molar-refractivity contribution in [1.82, 2.24) is 5.32 Å². The fraction of sp³-hybridized carbons (Fsp3) is 0.348. The summed E-state index contributed by atoms with van der Waals surface area (Å²) < 4.78 is 20.2. The van der Waals surface area contributed by atoms with E-state index >= 15 is 0 Å². The van der Waals surface area contributed by atoms with Gasteiger partial charge in [0.2, 0.25) is 0 Å². The van der Waals surface area contributed by atoms with E-state index in [0.29, 0.717) is 0 Å². The normalized spacial score (nSPS) is 19.6. The smallest absolute Gasteiger partial charge is 0.141 e. The second-order valence-corrected chi connectivity index (χ2v) is 7.17. The number of nitrogens with zero attached hydrogens (tertiary/aromatic N) is 1. The molecule has 2 aromatic carbocycles. The summed E-state index contributed by atoms with van der Waals surface area (Å²) in [5.41, 5.74) is 5.74. The molecule has 0 bridgehead atoms. The van der Waals surface area contributed by atoms with Crippen LogP contribution in [0.3, 0.4) is 0 Å². The van der Waals surface area contributed by atoms with E-state index in [-0.39, 0.29) is 13.1 Å². The molecule has 1 aliphatic carbocycles. The number of rotatable bonds is 4. The number of allylic oxidation sites excluding steroid dienone is 2. The Balaban J connectivity index is 0.00000225. The third-order valence-electron chi connectivity index (χ3n) is 5.37. The van der Waals surface area contributed by atoms with Crippen molar-refractivity contribution < 1.29 is 10.6 Å². The lowest BCUT2D eigenvalue weighted by atomic mass is 9.87. The number of nitriles is 1. The predicted molar refractivity (Wildman–Crippen MR) is 107 cm³/mol. The third kappa shape index (κ3) is 3.80. The molecule has 4 rings (SSSR count). The Hall–Kier alpha value is -2.48. The highest BCUT2D eigenvalue weighted by molar-refractivity contribution is 5.84. The molecule has 3 nitrogen and oxygen atoms in total. The highest BCUT2D eigenvalue weighted by atomic mass is 19.1. The summed E-state index contributed by atoms with van der Waals surface area (Å²) in [5, 5.41) is 12.4. The molecule has 4 heteroatoms. The summed E-state index contributed by atoms with van der Waals surface area (Å²) in [6.07, 6.45) is 6.60. The standard InChI is InChI=1S/C23H23FN2O.H2/c24-22-13-17(8-9-19(22)14-25)21-7-3-6-18(12-20-15-26-10-11-27-20)23(21)16-4-1-2-5-16;/h3-4,6-9,13,20,26H,1-2,5,10-12,15H2;1H. The zero-order valence-electron chi connectivity index (χ0n) is 15.3. The molecule has 0 saturated carbocycles. The van der Waals surface area contributed by atoms with Crippen LogP contribution in [-0.2, 0) is 11.2 Å². The largest absolute Gasteiger partial charge is 0.375 e. The number of ether oxygens (including phenoxy) is 1. The first-order chi connectivity index (χ1) is 13.3. The molecule has 1 heterocycles. The van der Waals surface area contributed by atoms with Crippen molar-refractivity contribution >= 4 is 5.57 Å². The molecule has 1 unspecified atom stereocenters. The first-order valence-electron chi connectivity index (χ1n) is 9.60. The molecule has 1 atom stereocenters. The Morgan fingerprint density at radius 2 is 2.22 bits per heavy atom. The molecule has 140 valence electrons. The van der Waals surface area contributed by atoms with Gasteiger partial charge in [0.05, 0.1) is 18.3 Å². The maximum Gasteiger partial charge on any atom is 0.141 e. The van der Waals surface area contributed by atoms with Crippen LogP contribution >= 0.6 is 0 Å². The first-order valence-corrected chi connectivity index (χ1v) is 9.60. The van der Waals surface area contributed by atoms with Gasteiger partial charge < -0.3 is 10.1 Å². The molecule has 2 aromatic rings. The van der Waals surface area contributed by atoms with E-state index in [0.717, 1.165) is 56.5 Å². The highest BCUT2D eigenvalue weighted by Crippen LogP contribution is 2.38. The van der Waals surface area contributed by atoms with Crippen molar-refractivity contribution in [1.29, 1.82) is 5.26 Å². The summed E-state index contributed by atoms with van der Waals surface area (Å²) >= 11 is 0. The van der Waals surface area contributed by atoms with Gasteiger partial charge in [0.1, 0.15) is 11.9 Å². The van der Waals surface area contributed by atoms with Crippen molar-refractivity contribution in [3.05, 3.63) is 65.0 Å². The van der Waals surface area contributed by atoms with E-state index in [1.165, 1.54) is 22.8 Å². The van der Waals surface area contributed by atoms with Crippen LogP contribution in [0, 0.1) is 17.1 Å². The van der Waals surface area contributed by atoms with Crippen LogP contribution in [0.2, 0.25) is 0 Å². The Kier molecular flexibility index (Phi) is 5.33. The number of morpholine rings is 1. The van der Waals surface area contributed by atoms with Crippen LogP contribution in [0.5, 0.6) is 0 Å². The average molecular weight is 364 g/mol. The molecule has 1 saturated heterocycles. The molecule has 1 aliphatic heterocycles. The van der Waals surface area contributed by atoms with Crippen LogP contribution in [-0.4, -0.2) is 25.8 Å². The first kappa shape index (κ1) is 17.9. The van der Waals surface area contributed by atoms with E-state index < -0.39 is 5.82 Å². The summed E-state index contributed by atoms with van der Waals surface area (Å²) in [6.45, 7) is 2.50. The van der Waals surface area contributed by atoms with E-state index in [4.69, 9.17) is 10.00 Å². The van der Waals surface area contributed by atoms with Gasteiger partial charge in [-0.2, -0.15) is 5.26 Å². The van der Waals surface area contributed by atoms with Gasteiger partial charge in [0.25, 0.3) is 0 Å². The van der Waals surface area contributed by atoms with Crippen molar-refractivity contribution in [2.75, 3.05) is 19.7 Å². The Labute approximate surface area is 161 Å². The quantitative estimate of drug-likeness (QED) is 0.855. The summed E-state index contributed by atoms with van der Waals surface area (Å²) in [5.74, 6) is -0.466. The van der Waals surface area contributed by atoms with Gasteiger partial charge in [-0.1, -0.05) is 30.3 Å².